The predicted molar refractivity (Wildman–Crippen MR) is 76.2 cm³/mol. The van der Waals surface area contributed by atoms with Crippen LogP contribution in [0.3, 0.4) is 0 Å². The summed E-state index contributed by atoms with van der Waals surface area (Å²) in [5.74, 6) is 1.45. The molecule has 0 aliphatic rings. The lowest BCUT2D eigenvalue weighted by Gasteiger charge is -2.12. The molecule has 2 rings (SSSR count). The third-order valence-electron chi connectivity index (χ3n) is 2.76. The van der Waals surface area contributed by atoms with Crippen molar-refractivity contribution < 1.29 is 14.6 Å². The van der Waals surface area contributed by atoms with E-state index in [9.17, 15) is 5.11 Å². The molecular weight excluding hydrogens is 280 g/mol. The number of hydrogen-bond acceptors (Lipinski definition) is 5. The Bertz CT molecular complexity index is 632. The summed E-state index contributed by atoms with van der Waals surface area (Å²) in [6.07, 6.45) is 0. The first-order chi connectivity index (χ1) is 9.58. The number of aromatic nitrogens is 2. The van der Waals surface area contributed by atoms with E-state index < -0.39 is 0 Å². The molecule has 0 fully saturated rings. The molecule has 0 spiro atoms. The second-order valence-corrected chi connectivity index (χ2v) is 4.58. The van der Waals surface area contributed by atoms with Crippen LogP contribution >= 0.6 is 11.6 Å². The number of halogens is 1. The van der Waals surface area contributed by atoms with Crippen LogP contribution in [0.25, 0.3) is 11.4 Å². The van der Waals surface area contributed by atoms with E-state index in [0.29, 0.717) is 33.6 Å². The molecule has 0 saturated heterocycles. The normalized spacial score (nSPS) is 10.4. The molecule has 0 amide bonds. The topological polar surface area (TPSA) is 64.5 Å². The molecule has 1 heterocycles. The molecule has 5 nitrogen and oxygen atoms in total. The van der Waals surface area contributed by atoms with Crippen LogP contribution in [-0.2, 0) is 6.61 Å². The van der Waals surface area contributed by atoms with Crippen molar-refractivity contribution in [3.8, 4) is 22.9 Å². The highest BCUT2D eigenvalue weighted by Gasteiger charge is 2.14. The number of rotatable bonds is 4. The van der Waals surface area contributed by atoms with Gasteiger partial charge in [0, 0.05) is 11.3 Å². The lowest BCUT2D eigenvalue weighted by atomic mass is 10.1. The Balaban J connectivity index is 2.58. The molecule has 1 aromatic heterocycles. The third kappa shape index (κ3) is 2.84. The molecule has 0 radical (unpaired) electrons. The van der Waals surface area contributed by atoms with Gasteiger partial charge in [0.2, 0.25) is 0 Å². The van der Waals surface area contributed by atoms with Crippen LogP contribution in [0.4, 0.5) is 0 Å². The third-order valence-corrected chi connectivity index (χ3v) is 3.04. The zero-order valence-electron chi connectivity index (χ0n) is 11.5. The summed E-state index contributed by atoms with van der Waals surface area (Å²) >= 11 is 6.17. The average Bonchev–Trinajstić information content (AvgIpc) is 2.45. The maximum atomic E-state index is 9.21. The molecule has 2 aromatic rings. The van der Waals surface area contributed by atoms with E-state index in [4.69, 9.17) is 21.1 Å². The van der Waals surface area contributed by atoms with Gasteiger partial charge in [-0.05, 0) is 25.1 Å². The van der Waals surface area contributed by atoms with E-state index in [1.54, 1.807) is 18.2 Å². The summed E-state index contributed by atoms with van der Waals surface area (Å²) in [4.78, 5) is 8.63. The van der Waals surface area contributed by atoms with E-state index in [-0.39, 0.29) is 6.61 Å². The largest absolute Gasteiger partial charge is 0.493 e. The summed E-state index contributed by atoms with van der Waals surface area (Å²) in [6.45, 7) is 1.70. The molecule has 0 bridgehead atoms. The van der Waals surface area contributed by atoms with Crippen molar-refractivity contribution in [2.45, 2.75) is 13.5 Å². The average molecular weight is 295 g/mol. The summed E-state index contributed by atoms with van der Waals surface area (Å²) in [7, 11) is 3.06. The van der Waals surface area contributed by atoms with Crippen molar-refractivity contribution in [3.05, 3.63) is 34.6 Å². The quantitative estimate of drug-likeness (QED) is 0.939. The van der Waals surface area contributed by atoms with Crippen LogP contribution in [0, 0.1) is 6.92 Å². The van der Waals surface area contributed by atoms with Gasteiger partial charge in [0.15, 0.2) is 17.3 Å². The Morgan fingerprint density at radius 3 is 2.50 bits per heavy atom. The fourth-order valence-electron chi connectivity index (χ4n) is 1.89. The Labute approximate surface area is 122 Å². The summed E-state index contributed by atoms with van der Waals surface area (Å²) in [6, 6.07) is 5.19. The van der Waals surface area contributed by atoms with Crippen LogP contribution in [0.5, 0.6) is 11.5 Å². The summed E-state index contributed by atoms with van der Waals surface area (Å²) < 4.78 is 10.4. The number of ether oxygens (including phenoxy) is 2. The monoisotopic (exact) mass is 294 g/mol. The first kappa shape index (κ1) is 14.6. The minimum atomic E-state index is -0.141. The fourth-order valence-corrected chi connectivity index (χ4v) is 2.18. The van der Waals surface area contributed by atoms with Gasteiger partial charge in [0.05, 0.1) is 31.5 Å². The Morgan fingerprint density at radius 2 is 1.90 bits per heavy atom. The molecule has 106 valence electrons. The van der Waals surface area contributed by atoms with Crippen molar-refractivity contribution in [1.29, 1.82) is 0 Å². The zero-order valence-corrected chi connectivity index (χ0v) is 12.2. The van der Waals surface area contributed by atoms with Crippen LogP contribution in [0.2, 0.25) is 5.02 Å². The Kier molecular flexibility index (Phi) is 4.42. The smallest absolute Gasteiger partial charge is 0.179 e. The van der Waals surface area contributed by atoms with Gasteiger partial charge in [-0.2, -0.15) is 0 Å². The van der Waals surface area contributed by atoms with Gasteiger partial charge in [0.25, 0.3) is 0 Å². The zero-order chi connectivity index (χ0) is 14.7. The van der Waals surface area contributed by atoms with Crippen molar-refractivity contribution in [1.82, 2.24) is 9.97 Å². The second-order valence-electron chi connectivity index (χ2n) is 4.18. The van der Waals surface area contributed by atoms with Gasteiger partial charge >= 0.3 is 0 Å². The lowest BCUT2D eigenvalue weighted by Crippen LogP contribution is -1.99. The molecule has 0 saturated carbocycles. The number of methoxy groups -OCH3 is 2. The van der Waals surface area contributed by atoms with Gasteiger partial charge in [-0.1, -0.05) is 11.6 Å². The lowest BCUT2D eigenvalue weighted by molar-refractivity contribution is 0.276. The highest BCUT2D eigenvalue weighted by atomic mass is 35.5. The molecule has 0 aliphatic carbocycles. The van der Waals surface area contributed by atoms with Gasteiger partial charge in [0.1, 0.15) is 0 Å². The second kappa shape index (κ2) is 6.07. The number of nitrogens with zero attached hydrogens (tertiary/aromatic N) is 2. The highest BCUT2D eigenvalue weighted by Crippen LogP contribution is 2.38. The first-order valence-electron chi connectivity index (χ1n) is 5.96. The number of aryl methyl sites for hydroxylation is 1. The Hall–Kier alpha value is -1.85. The number of aliphatic hydroxyl groups is 1. The van der Waals surface area contributed by atoms with Crippen molar-refractivity contribution >= 4 is 11.6 Å². The minimum Gasteiger partial charge on any atom is -0.493 e. The highest BCUT2D eigenvalue weighted by molar-refractivity contribution is 6.32. The number of aliphatic hydroxyl groups excluding tert-OH is 1. The van der Waals surface area contributed by atoms with E-state index in [0.717, 1.165) is 5.69 Å². The fraction of sp³-hybridized carbons (Fsp3) is 0.286. The molecule has 0 atom stereocenters. The standard InChI is InChI=1S/C14H15ClN2O3/c1-8-4-10(7-18)17-14(16-8)9-5-11(15)13(20-3)12(6-9)19-2/h4-6,18H,7H2,1-3H3. The summed E-state index contributed by atoms with van der Waals surface area (Å²) in [5, 5.41) is 9.62. The van der Waals surface area contributed by atoms with Crippen LogP contribution in [-0.4, -0.2) is 29.3 Å². The van der Waals surface area contributed by atoms with Crippen molar-refractivity contribution in [2.75, 3.05) is 14.2 Å². The van der Waals surface area contributed by atoms with Gasteiger partial charge < -0.3 is 14.6 Å². The van der Waals surface area contributed by atoms with Gasteiger partial charge in [-0.15, -0.1) is 0 Å². The molecule has 0 aliphatic heterocycles. The van der Waals surface area contributed by atoms with E-state index in [2.05, 4.69) is 9.97 Å². The van der Waals surface area contributed by atoms with Crippen LogP contribution < -0.4 is 9.47 Å². The molecule has 20 heavy (non-hydrogen) atoms. The Morgan fingerprint density at radius 1 is 1.15 bits per heavy atom. The first-order valence-corrected chi connectivity index (χ1v) is 6.34. The molecular formula is C14H15ClN2O3. The SMILES string of the molecule is COc1cc(-c2nc(C)cc(CO)n2)cc(Cl)c1OC. The van der Waals surface area contributed by atoms with Crippen molar-refractivity contribution in [2.24, 2.45) is 0 Å². The number of hydrogen-bond donors (Lipinski definition) is 1. The summed E-state index contributed by atoms with van der Waals surface area (Å²) in [5.41, 5.74) is 2.02. The van der Waals surface area contributed by atoms with Crippen LogP contribution in [0.15, 0.2) is 18.2 Å². The predicted octanol–water partition coefficient (Wildman–Crippen LogP) is 2.61. The van der Waals surface area contributed by atoms with Crippen molar-refractivity contribution in [3.63, 3.8) is 0 Å². The number of benzene rings is 1. The van der Waals surface area contributed by atoms with E-state index in [1.165, 1.54) is 14.2 Å². The van der Waals surface area contributed by atoms with Gasteiger partial charge in [-0.3, -0.25) is 0 Å². The van der Waals surface area contributed by atoms with E-state index in [1.807, 2.05) is 6.92 Å². The minimum absolute atomic E-state index is 0.141. The van der Waals surface area contributed by atoms with Crippen LogP contribution in [0.1, 0.15) is 11.4 Å². The molecule has 6 heteroatoms. The van der Waals surface area contributed by atoms with E-state index >= 15 is 0 Å². The maximum absolute atomic E-state index is 9.21. The molecule has 1 N–H and O–H groups in total. The van der Waals surface area contributed by atoms with Gasteiger partial charge in [-0.25, -0.2) is 9.97 Å². The molecule has 0 unspecified atom stereocenters. The maximum Gasteiger partial charge on any atom is 0.179 e. The molecule has 1 aromatic carbocycles.